The van der Waals surface area contributed by atoms with Gasteiger partial charge in [0.05, 0.1) is 10.7 Å². The van der Waals surface area contributed by atoms with Gasteiger partial charge in [-0.3, -0.25) is 9.59 Å². The van der Waals surface area contributed by atoms with Gasteiger partial charge < -0.3 is 15.1 Å². The molecule has 0 spiro atoms. The molecule has 3 rings (SSSR count). The van der Waals surface area contributed by atoms with E-state index in [1.807, 2.05) is 49.9 Å². The number of halogens is 1. The number of carbonyl (C=O) groups is 2. The number of hydrogen-bond acceptors (Lipinski definition) is 3. The van der Waals surface area contributed by atoms with Crippen LogP contribution in [-0.2, 0) is 4.79 Å². The molecule has 1 aliphatic heterocycles. The second-order valence-corrected chi connectivity index (χ2v) is 7.86. The summed E-state index contributed by atoms with van der Waals surface area (Å²) in [7, 11) is 0. The van der Waals surface area contributed by atoms with E-state index in [-0.39, 0.29) is 17.7 Å². The summed E-state index contributed by atoms with van der Waals surface area (Å²) in [5.74, 6) is 0.0519. The Morgan fingerprint density at radius 1 is 1.00 bits per heavy atom. The molecule has 6 heteroatoms. The number of benzene rings is 2. The van der Waals surface area contributed by atoms with E-state index in [9.17, 15) is 9.59 Å². The van der Waals surface area contributed by atoms with Crippen LogP contribution in [0, 0.1) is 12.8 Å². The average Bonchev–Trinajstić information content (AvgIpc) is 2.68. The van der Waals surface area contributed by atoms with Crippen molar-refractivity contribution in [3.05, 3.63) is 58.6 Å². The molecule has 1 N–H and O–H groups in total. The van der Waals surface area contributed by atoms with E-state index in [0.717, 1.165) is 24.3 Å². The number of carbonyl (C=O) groups excluding carboxylic acids is 2. The van der Waals surface area contributed by atoms with Crippen molar-refractivity contribution in [1.82, 2.24) is 4.90 Å². The Morgan fingerprint density at radius 2 is 1.64 bits per heavy atom. The van der Waals surface area contributed by atoms with Crippen molar-refractivity contribution < 1.29 is 9.59 Å². The first kappa shape index (κ1) is 20.2. The Labute approximate surface area is 171 Å². The summed E-state index contributed by atoms with van der Waals surface area (Å²) in [4.78, 5) is 28.6. The van der Waals surface area contributed by atoms with Crippen molar-refractivity contribution in [3.8, 4) is 0 Å². The second-order valence-electron chi connectivity index (χ2n) is 7.45. The Balaban J connectivity index is 1.64. The number of amides is 2. The summed E-state index contributed by atoms with van der Waals surface area (Å²) < 4.78 is 0. The number of nitrogens with one attached hydrogen (secondary N) is 1. The molecule has 1 aliphatic rings. The van der Waals surface area contributed by atoms with Crippen LogP contribution in [0.25, 0.3) is 0 Å². The Hall–Kier alpha value is -2.53. The van der Waals surface area contributed by atoms with Crippen LogP contribution in [0.3, 0.4) is 0 Å². The van der Waals surface area contributed by atoms with E-state index in [1.54, 1.807) is 18.2 Å². The molecule has 0 unspecified atom stereocenters. The zero-order valence-electron chi connectivity index (χ0n) is 16.5. The Kier molecular flexibility index (Phi) is 6.25. The number of nitrogens with zero attached hydrogens (tertiary/aromatic N) is 2. The van der Waals surface area contributed by atoms with Crippen LogP contribution in [0.5, 0.6) is 0 Å². The minimum atomic E-state index is -0.162. The molecule has 1 fully saturated rings. The van der Waals surface area contributed by atoms with Gasteiger partial charge in [0.2, 0.25) is 5.91 Å². The fourth-order valence-electron chi connectivity index (χ4n) is 3.28. The van der Waals surface area contributed by atoms with Gasteiger partial charge in [-0.15, -0.1) is 0 Å². The summed E-state index contributed by atoms with van der Waals surface area (Å²) in [5.41, 5.74) is 3.30. The highest BCUT2D eigenvalue weighted by atomic mass is 35.5. The molecule has 28 heavy (non-hydrogen) atoms. The third-order valence-electron chi connectivity index (χ3n) is 4.95. The van der Waals surface area contributed by atoms with E-state index in [2.05, 4.69) is 10.2 Å². The van der Waals surface area contributed by atoms with Crippen molar-refractivity contribution in [3.63, 3.8) is 0 Å². The van der Waals surface area contributed by atoms with Gasteiger partial charge in [-0.1, -0.05) is 43.1 Å². The van der Waals surface area contributed by atoms with E-state index in [1.165, 1.54) is 0 Å². The number of rotatable bonds is 4. The first-order valence-electron chi connectivity index (χ1n) is 9.56. The van der Waals surface area contributed by atoms with E-state index < -0.39 is 0 Å². The lowest BCUT2D eigenvalue weighted by molar-refractivity contribution is -0.134. The molecule has 148 valence electrons. The number of anilines is 2. The van der Waals surface area contributed by atoms with Gasteiger partial charge in [-0.05, 0) is 37.3 Å². The molecule has 0 aromatic heterocycles. The van der Waals surface area contributed by atoms with Crippen LogP contribution in [0.2, 0.25) is 5.02 Å². The van der Waals surface area contributed by atoms with E-state index in [0.29, 0.717) is 29.4 Å². The first-order chi connectivity index (χ1) is 13.3. The van der Waals surface area contributed by atoms with E-state index in [4.69, 9.17) is 11.6 Å². The lowest BCUT2D eigenvalue weighted by Crippen LogP contribution is -2.50. The minimum absolute atomic E-state index is 0.0200. The molecule has 0 bridgehead atoms. The van der Waals surface area contributed by atoms with Crippen molar-refractivity contribution in [2.75, 3.05) is 36.4 Å². The van der Waals surface area contributed by atoms with Crippen LogP contribution in [0.1, 0.15) is 29.8 Å². The highest BCUT2D eigenvalue weighted by Crippen LogP contribution is 2.30. The molecule has 0 atom stereocenters. The van der Waals surface area contributed by atoms with Gasteiger partial charge >= 0.3 is 0 Å². The zero-order chi connectivity index (χ0) is 20.3. The van der Waals surface area contributed by atoms with Gasteiger partial charge in [0, 0.05) is 43.3 Å². The predicted molar refractivity (Wildman–Crippen MR) is 114 cm³/mol. The van der Waals surface area contributed by atoms with Gasteiger partial charge in [0.1, 0.15) is 0 Å². The number of aryl methyl sites for hydroxylation is 1. The maximum atomic E-state index is 12.4. The van der Waals surface area contributed by atoms with Gasteiger partial charge in [0.15, 0.2) is 0 Å². The Morgan fingerprint density at radius 3 is 2.21 bits per heavy atom. The third kappa shape index (κ3) is 4.65. The normalized spacial score (nSPS) is 14.3. The molecule has 0 aliphatic carbocycles. The van der Waals surface area contributed by atoms with Crippen LogP contribution in [0.4, 0.5) is 11.4 Å². The molecule has 1 heterocycles. The standard InChI is InChI=1S/C22H26ClN3O2/c1-15(2)22(28)26-12-10-25(11-13-26)20-9-8-18(14-19(20)23)24-21(27)17-6-4-16(3)5-7-17/h4-9,14-15H,10-13H2,1-3H3,(H,24,27). The van der Waals surface area contributed by atoms with Crippen LogP contribution < -0.4 is 10.2 Å². The van der Waals surface area contributed by atoms with Crippen molar-refractivity contribution in [2.45, 2.75) is 20.8 Å². The monoisotopic (exact) mass is 399 g/mol. The predicted octanol–water partition coefficient (Wildman–Crippen LogP) is 4.21. The smallest absolute Gasteiger partial charge is 0.255 e. The lowest BCUT2D eigenvalue weighted by atomic mass is 10.1. The van der Waals surface area contributed by atoms with Crippen LogP contribution in [0.15, 0.2) is 42.5 Å². The summed E-state index contributed by atoms with van der Waals surface area (Å²) in [5, 5.41) is 3.48. The van der Waals surface area contributed by atoms with Gasteiger partial charge in [-0.2, -0.15) is 0 Å². The molecule has 2 amide bonds. The first-order valence-corrected chi connectivity index (χ1v) is 9.94. The Bertz CT molecular complexity index is 857. The zero-order valence-corrected chi connectivity index (χ0v) is 17.3. The molecular weight excluding hydrogens is 374 g/mol. The quantitative estimate of drug-likeness (QED) is 0.838. The van der Waals surface area contributed by atoms with Crippen molar-refractivity contribution >= 4 is 34.8 Å². The molecule has 2 aromatic rings. The topological polar surface area (TPSA) is 52.7 Å². The molecule has 5 nitrogen and oxygen atoms in total. The number of hydrogen-bond donors (Lipinski definition) is 1. The minimum Gasteiger partial charge on any atom is -0.367 e. The highest BCUT2D eigenvalue weighted by molar-refractivity contribution is 6.33. The van der Waals surface area contributed by atoms with Gasteiger partial charge in [-0.25, -0.2) is 0 Å². The lowest BCUT2D eigenvalue weighted by Gasteiger charge is -2.37. The fraction of sp³-hybridized carbons (Fsp3) is 0.364. The van der Waals surface area contributed by atoms with Crippen LogP contribution >= 0.6 is 11.6 Å². The SMILES string of the molecule is Cc1ccc(C(=O)Nc2ccc(N3CCN(C(=O)C(C)C)CC3)c(Cl)c2)cc1. The van der Waals surface area contributed by atoms with Crippen molar-refractivity contribution in [2.24, 2.45) is 5.92 Å². The fourth-order valence-corrected chi connectivity index (χ4v) is 3.58. The molecular formula is C22H26ClN3O2. The van der Waals surface area contributed by atoms with Crippen molar-refractivity contribution in [1.29, 1.82) is 0 Å². The molecule has 0 saturated carbocycles. The third-order valence-corrected chi connectivity index (χ3v) is 5.25. The summed E-state index contributed by atoms with van der Waals surface area (Å²) >= 11 is 6.49. The summed E-state index contributed by atoms with van der Waals surface area (Å²) in [6.07, 6.45) is 0. The average molecular weight is 400 g/mol. The molecule has 0 radical (unpaired) electrons. The maximum absolute atomic E-state index is 12.4. The molecule has 1 saturated heterocycles. The second kappa shape index (κ2) is 8.65. The maximum Gasteiger partial charge on any atom is 0.255 e. The highest BCUT2D eigenvalue weighted by Gasteiger charge is 2.24. The number of piperazine rings is 1. The van der Waals surface area contributed by atoms with Crippen LogP contribution in [-0.4, -0.2) is 42.9 Å². The summed E-state index contributed by atoms with van der Waals surface area (Å²) in [6.45, 7) is 8.71. The molecule has 2 aromatic carbocycles. The largest absolute Gasteiger partial charge is 0.367 e. The van der Waals surface area contributed by atoms with E-state index >= 15 is 0 Å². The van der Waals surface area contributed by atoms with Gasteiger partial charge in [0.25, 0.3) is 5.91 Å². The summed E-state index contributed by atoms with van der Waals surface area (Å²) in [6, 6.07) is 13.0.